The van der Waals surface area contributed by atoms with Crippen LogP contribution in [0.5, 0.6) is 0 Å². The van der Waals surface area contributed by atoms with Crippen LogP contribution in [0.15, 0.2) is 0 Å². The maximum Gasteiger partial charge on any atom is 0.392 e. The molecule has 1 N–H and O–H groups in total. The highest BCUT2D eigenvalue weighted by molar-refractivity contribution is 4.88. The maximum absolute atomic E-state index is 12.9. The molecule has 0 aromatic rings. The van der Waals surface area contributed by atoms with Crippen molar-refractivity contribution in [3.63, 3.8) is 0 Å². The van der Waals surface area contributed by atoms with Crippen molar-refractivity contribution >= 4 is 0 Å². The molecule has 1 fully saturated rings. The van der Waals surface area contributed by atoms with E-state index in [2.05, 4.69) is 5.32 Å². The van der Waals surface area contributed by atoms with Gasteiger partial charge < -0.3 is 5.32 Å². The maximum atomic E-state index is 12.9. The first-order chi connectivity index (χ1) is 8.65. The summed E-state index contributed by atoms with van der Waals surface area (Å²) >= 11 is 0. The molecule has 114 valence electrons. The van der Waals surface area contributed by atoms with Gasteiger partial charge >= 0.3 is 12.4 Å². The monoisotopic (exact) mass is 291 g/mol. The number of halogens is 6. The van der Waals surface area contributed by atoms with Crippen molar-refractivity contribution in [3.05, 3.63) is 0 Å². The summed E-state index contributed by atoms with van der Waals surface area (Å²) < 4.78 is 75.3. The Morgan fingerprint density at radius 2 is 1.63 bits per heavy atom. The van der Waals surface area contributed by atoms with Crippen LogP contribution in [0.25, 0.3) is 0 Å². The lowest BCUT2D eigenvalue weighted by Crippen LogP contribution is -2.45. The quantitative estimate of drug-likeness (QED) is 0.762. The number of hydrogen-bond donors (Lipinski definition) is 1. The summed E-state index contributed by atoms with van der Waals surface area (Å²) in [5.41, 5.74) is 0. The average Bonchev–Trinajstić information content (AvgIpc) is 2.27. The third-order valence-corrected chi connectivity index (χ3v) is 3.87. The number of rotatable bonds is 4. The molecule has 1 aliphatic carbocycles. The molecule has 0 spiro atoms. The predicted octanol–water partition coefficient (Wildman–Crippen LogP) is 4.29. The smallest absolute Gasteiger partial charge is 0.317 e. The molecule has 0 heterocycles. The van der Waals surface area contributed by atoms with Gasteiger partial charge in [0.05, 0.1) is 5.92 Å². The number of alkyl halides is 6. The second-order valence-corrected chi connectivity index (χ2v) is 5.15. The molecular formula is C12H19F6N. The van der Waals surface area contributed by atoms with E-state index >= 15 is 0 Å². The normalized spacial score (nSPS) is 27.3. The fourth-order valence-corrected chi connectivity index (χ4v) is 2.94. The molecule has 1 saturated carbocycles. The van der Waals surface area contributed by atoms with Gasteiger partial charge in [0.2, 0.25) is 0 Å². The van der Waals surface area contributed by atoms with E-state index in [0.717, 1.165) is 0 Å². The Labute approximate surface area is 108 Å². The van der Waals surface area contributed by atoms with Crippen LogP contribution in [-0.2, 0) is 0 Å². The van der Waals surface area contributed by atoms with Gasteiger partial charge in [0, 0.05) is 12.5 Å². The molecule has 0 amide bonds. The van der Waals surface area contributed by atoms with Gasteiger partial charge in [-0.1, -0.05) is 12.8 Å². The summed E-state index contributed by atoms with van der Waals surface area (Å²) in [6.45, 7) is 0. The molecule has 19 heavy (non-hydrogen) atoms. The molecule has 0 aromatic carbocycles. The van der Waals surface area contributed by atoms with Crippen LogP contribution in [0.1, 0.15) is 38.5 Å². The van der Waals surface area contributed by atoms with Crippen molar-refractivity contribution < 1.29 is 26.3 Å². The van der Waals surface area contributed by atoms with Crippen molar-refractivity contribution in [3.8, 4) is 0 Å². The second kappa shape index (κ2) is 6.33. The van der Waals surface area contributed by atoms with E-state index in [1.807, 2.05) is 0 Å². The molecule has 3 atom stereocenters. The van der Waals surface area contributed by atoms with E-state index in [-0.39, 0.29) is 12.8 Å². The predicted molar refractivity (Wildman–Crippen MR) is 59.6 cm³/mol. The van der Waals surface area contributed by atoms with Gasteiger partial charge in [-0.25, -0.2) is 0 Å². The third kappa shape index (κ3) is 5.20. The van der Waals surface area contributed by atoms with Crippen molar-refractivity contribution in [2.24, 2.45) is 11.8 Å². The molecule has 0 radical (unpaired) electrons. The van der Waals surface area contributed by atoms with Gasteiger partial charge in [0.25, 0.3) is 0 Å². The minimum Gasteiger partial charge on any atom is -0.317 e. The molecular weight excluding hydrogens is 272 g/mol. The summed E-state index contributed by atoms with van der Waals surface area (Å²) in [6.07, 6.45) is -8.46. The first kappa shape index (κ1) is 16.6. The minimum absolute atomic E-state index is 0.0262. The molecule has 1 aliphatic rings. The van der Waals surface area contributed by atoms with Crippen molar-refractivity contribution in [1.29, 1.82) is 0 Å². The molecule has 1 rings (SSSR count). The lowest BCUT2D eigenvalue weighted by Gasteiger charge is -2.38. The Balaban J connectivity index is 2.70. The lowest BCUT2D eigenvalue weighted by atomic mass is 9.73. The second-order valence-electron chi connectivity index (χ2n) is 5.15. The summed E-state index contributed by atoms with van der Waals surface area (Å²) in [5, 5.41) is 2.65. The Bertz CT molecular complexity index is 272. The van der Waals surface area contributed by atoms with E-state index in [1.165, 1.54) is 7.05 Å². The van der Waals surface area contributed by atoms with Gasteiger partial charge in [-0.05, 0) is 32.2 Å². The fraction of sp³-hybridized carbons (Fsp3) is 1.00. The average molecular weight is 291 g/mol. The highest BCUT2D eigenvalue weighted by atomic mass is 19.4. The molecule has 3 unspecified atom stereocenters. The first-order valence-corrected chi connectivity index (χ1v) is 6.46. The molecule has 0 saturated heterocycles. The Morgan fingerprint density at radius 3 is 2.11 bits per heavy atom. The van der Waals surface area contributed by atoms with Crippen LogP contribution in [0.2, 0.25) is 0 Å². The molecule has 7 heteroatoms. The van der Waals surface area contributed by atoms with Gasteiger partial charge in [0.15, 0.2) is 0 Å². The standard InChI is InChI=1S/C12H19F6N/c1-19-10(6-7-11(13,14)15)8-4-2-3-5-9(8)12(16,17)18/h8-10,19H,2-7H2,1H3. The number of nitrogens with one attached hydrogen (secondary N) is 1. The summed E-state index contributed by atoms with van der Waals surface area (Å²) in [4.78, 5) is 0. The third-order valence-electron chi connectivity index (χ3n) is 3.87. The largest absolute Gasteiger partial charge is 0.392 e. The molecule has 0 aromatic heterocycles. The minimum atomic E-state index is -4.32. The molecule has 0 bridgehead atoms. The molecule has 0 aliphatic heterocycles. The molecule has 1 nitrogen and oxygen atoms in total. The lowest BCUT2D eigenvalue weighted by molar-refractivity contribution is -0.200. The topological polar surface area (TPSA) is 12.0 Å². The summed E-state index contributed by atoms with van der Waals surface area (Å²) in [6, 6.07) is -0.728. The SMILES string of the molecule is CNC(CCC(F)(F)F)C1CCCCC1C(F)(F)F. The van der Waals surface area contributed by atoms with Crippen molar-refractivity contribution in [2.75, 3.05) is 7.05 Å². The van der Waals surface area contributed by atoms with Crippen molar-refractivity contribution in [1.82, 2.24) is 5.32 Å². The highest BCUT2D eigenvalue weighted by Gasteiger charge is 2.47. The van der Waals surface area contributed by atoms with Gasteiger partial charge in [-0.15, -0.1) is 0 Å². The number of hydrogen-bond acceptors (Lipinski definition) is 1. The van der Waals surface area contributed by atoms with Crippen molar-refractivity contribution in [2.45, 2.75) is 56.9 Å². The Kier molecular flexibility index (Phi) is 5.53. The Hall–Kier alpha value is -0.460. The fourth-order valence-electron chi connectivity index (χ4n) is 2.94. The Morgan fingerprint density at radius 1 is 1.05 bits per heavy atom. The van der Waals surface area contributed by atoms with Crippen LogP contribution < -0.4 is 5.32 Å². The van der Waals surface area contributed by atoms with E-state index in [9.17, 15) is 26.3 Å². The van der Waals surface area contributed by atoms with E-state index in [0.29, 0.717) is 19.3 Å². The zero-order chi connectivity index (χ0) is 14.7. The van der Waals surface area contributed by atoms with Crippen LogP contribution in [0, 0.1) is 11.8 Å². The van der Waals surface area contributed by atoms with Crippen LogP contribution in [0.3, 0.4) is 0 Å². The van der Waals surface area contributed by atoms with Gasteiger partial charge in [-0.3, -0.25) is 0 Å². The van der Waals surface area contributed by atoms with Gasteiger partial charge in [-0.2, -0.15) is 26.3 Å². The van der Waals surface area contributed by atoms with E-state index in [4.69, 9.17) is 0 Å². The van der Waals surface area contributed by atoms with Crippen LogP contribution in [0.4, 0.5) is 26.3 Å². The zero-order valence-corrected chi connectivity index (χ0v) is 10.7. The zero-order valence-electron chi connectivity index (χ0n) is 10.7. The van der Waals surface area contributed by atoms with Crippen LogP contribution in [-0.4, -0.2) is 25.4 Å². The van der Waals surface area contributed by atoms with E-state index in [1.54, 1.807) is 0 Å². The summed E-state index contributed by atoms with van der Waals surface area (Å²) in [7, 11) is 1.43. The summed E-state index contributed by atoms with van der Waals surface area (Å²) in [5.74, 6) is -2.23. The van der Waals surface area contributed by atoms with E-state index < -0.39 is 36.7 Å². The van der Waals surface area contributed by atoms with Gasteiger partial charge in [0.1, 0.15) is 0 Å². The first-order valence-electron chi connectivity index (χ1n) is 6.46. The van der Waals surface area contributed by atoms with Crippen LogP contribution >= 0.6 is 0 Å². The highest BCUT2D eigenvalue weighted by Crippen LogP contribution is 2.43.